The monoisotopic (exact) mass is 872 g/mol. The van der Waals surface area contributed by atoms with E-state index < -0.39 is 60.4 Å². The molecule has 0 aliphatic carbocycles. The smallest absolute Gasteiger partial charge is 0.269 e. The molecule has 0 bridgehead atoms. The van der Waals surface area contributed by atoms with Crippen molar-refractivity contribution in [3.8, 4) is 62.1 Å². The highest BCUT2D eigenvalue weighted by molar-refractivity contribution is 6.09. The van der Waals surface area contributed by atoms with E-state index in [1.54, 1.807) is 51.6 Å². The average Bonchev–Trinajstić information content (AvgIpc) is 3.98. The number of nitrogens with zero attached hydrogens (tertiary/aromatic N) is 6. The molecule has 8 aromatic carbocycles. The fourth-order valence-electron chi connectivity index (χ4n) is 8.58. The molecule has 0 unspecified atom stereocenters. The number of imidazole rings is 1. The molecule has 0 atom stereocenters. The predicted molar refractivity (Wildman–Crippen MR) is 270 cm³/mol. The lowest BCUT2D eigenvalue weighted by Gasteiger charge is -2.20. The number of ether oxygens (including phenoxy) is 1. The van der Waals surface area contributed by atoms with Crippen LogP contribution in [0.2, 0.25) is 0 Å². The van der Waals surface area contributed by atoms with E-state index in [-0.39, 0.29) is 44.7 Å². The van der Waals surface area contributed by atoms with Gasteiger partial charge in [0, 0.05) is 23.0 Å². The summed E-state index contributed by atoms with van der Waals surface area (Å²) in [6, 6.07) is 34.8. The average molecular weight is 873 g/mol. The zero-order valence-electron chi connectivity index (χ0n) is 46.4. The molecule has 7 nitrogen and oxygen atoms in total. The molecule has 0 spiro atoms. The van der Waals surface area contributed by atoms with Crippen molar-refractivity contribution in [1.82, 2.24) is 14.1 Å². The number of benzene rings is 8. The molecule has 0 N–H and O–H groups in total. The molecule has 0 radical (unpaired) electrons. The van der Waals surface area contributed by atoms with Gasteiger partial charge in [0.25, 0.3) is 6.33 Å². The van der Waals surface area contributed by atoms with Crippen molar-refractivity contribution in [2.45, 2.75) is 26.2 Å². The van der Waals surface area contributed by atoms with E-state index in [4.69, 9.17) is 36.6 Å². The van der Waals surface area contributed by atoms with E-state index in [0.717, 1.165) is 33.2 Å². The lowest BCUT2D eigenvalue weighted by Crippen LogP contribution is -2.31. The van der Waals surface area contributed by atoms with Crippen LogP contribution in [0.1, 0.15) is 40.0 Å². The van der Waals surface area contributed by atoms with E-state index in [1.807, 2.05) is 72.9 Å². The van der Waals surface area contributed by atoms with Gasteiger partial charge in [-0.15, -0.1) is 0 Å². The van der Waals surface area contributed by atoms with Crippen molar-refractivity contribution in [2.75, 3.05) is 0 Å². The third-order valence-electron chi connectivity index (χ3n) is 11.7. The fraction of sp³-hybridized carbons (Fsp3) is 0.0667. The summed E-state index contributed by atoms with van der Waals surface area (Å²) in [5, 5.41) is 2.06. The van der Waals surface area contributed by atoms with Crippen molar-refractivity contribution in [1.29, 1.82) is 0 Å². The van der Waals surface area contributed by atoms with Crippen LogP contribution in [-0.4, -0.2) is 14.1 Å². The summed E-state index contributed by atoms with van der Waals surface area (Å²) in [7, 11) is 0. The summed E-state index contributed by atoms with van der Waals surface area (Å²) in [6.07, 6.45) is 5.29. The molecule has 3 aromatic heterocycles. The maximum absolute atomic E-state index is 9.14. The minimum atomic E-state index is -0.605. The summed E-state index contributed by atoms with van der Waals surface area (Å²) in [5.41, 5.74) is 5.97. The Balaban J connectivity index is 1.15. The van der Waals surface area contributed by atoms with Crippen LogP contribution in [0.5, 0.6) is 11.5 Å². The molecular weight excluding hydrogens is 821 g/mol. The van der Waals surface area contributed by atoms with Gasteiger partial charge in [0.05, 0.1) is 60.3 Å². The zero-order chi connectivity index (χ0) is 54.4. The molecule has 0 saturated carbocycles. The van der Waals surface area contributed by atoms with Crippen LogP contribution in [-0.2, 0) is 5.41 Å². The number of hydrogen-bond donors (Lipinski definition) is 0. The molecule has 0 aliphatic rings. The van der Waals surface area contributed by atoms with Crippen LogP contribution < -0.4 is 9.30 Å². The number of rotatable bonds is 8. The summed E-state index contributed by atoms with van der Waals surface area (Å²) in [5.74, 6) is 1.75. The van der Waals surface area contributed by atoms with Crippen molar-refractivity contribution in [3.63, 3.8) is 0 Å². The number of hydrogen-bond acceptors (Lipinski definition) is 2. The summed E-state index contributed by atoms with van der Waals surface area (Å²) < 4.78 is 100. The number of aromatic nitrogens is 4. The largest absolute Gasteiger partial charge is 0.458 e. The van der Waals surface area contributed by atoms with Gasteiger partial charge in [0.1, 0.15) is 17.3 Å². The fourth-order valence-corrected chi connectivity index (χ4v) is 8.58. The minimum absolute atomic E-state index is 0.0902. The van der Waals surface area contributed by atoms with Crippen molar-refractivity contribution < 1.29 is 23.0 Å². The van der Waals surface area contributed by atoms with Gasteiger partial charge in [-0.3, -0.25) is 13.7 Å². The highest BCUT2D eigenvalue weighted by atomic mass is 16.5. The van der Waals surface area contributed by atoms with Gasteiger partial charge in [-0.05, 0) is 99.0 Å². The van der Waals surface area contributed by atoms with E-state index in [9.17, 15) is 0 Å². The normalized spacial score (nSPS) is 13.6. The highest BCUT2D eigenvalue weighted by Gasteiger charge is 2.22. The highest BCUT2D eigenvalue weighted by Crippen LogP contribution is 2.39. The topological polar surface area (TPSA) is 44.6 Å². The van der Waals surface area contributed by atoms with Gasteiger partial charge in [-0.25, -0.2) is 14.7 Å². The Morgan fingerprint density at radius 3 is 1.97 bits per heavy atom. The molecule has 7 heteroatoms. The minimum Gasteiger partial charge on any atom is -0.458 e. The second-order valence-corrected chi connectivity index (χ2v) is 16.9. The van der Waals surface area contributed by atoms with Crippen LogP contribution in [0.15, 0.2) is 200 Å². The number of pyridine rings is 1. The van der Waals surface area contributed by atoms with Gasteiger partial charge in [0.15, 0.2) is 11.4 Å². The van der Waals surface area contributed by atoms with E-state index >= 15 is 0 Å². The summed E-state index contributed by atoms with van der Waals surface area (Å²) >= 11 is 0. The third kappa shape index (κ3) is 7.45. The van der Waals surface area contributed by atoms with Crippen molar-refractivity contribution in [3.05, 3.63) is 235 Å². The Bertz CT molecular complexity index is 4230. The van der Waals surface area contributed by atoms with E-state index in [0.29, 0.717) is 39.3 Å². The molecule has 11 rings (SSSR count). The Labute approximate surface area is 403 Å². The molecule has 0 saturated heterocycles. The zero-order valence-corrected chi connectivity index (χ0v) is 36.4. The van der Waals surface area contributed by atoms with Gasteiger partial charge < -0.3 is 4.74 Å². The first-order valence-electron chi connectivity index (χ1n) is 26.3. The second-order valence-electron chi connectivity index (χ2n) is 16.9. The molecule has 11 aromatic rings. The maximum Gasteiger partial charge on any atom is 0.269 e. The number of fused-ring (bicyclic) bond motifs is 4. The second kappa shape index (κ2) is 16.5. The van der Waals surface area contributed by atoms with Crippen molar-refractivity contribution in [2.24, 2.45) is 0 Å². The lowest BCUT2D eigenvalue weighted by atomic mass is 9.88. The van der Waals surface area contributed by atoms with Crippen LogP contribution in [0.25, 0.3) is 93.1 Å². The van der Waals surface area contributed by atoms with Gasteiger partial charge in [0.2, 0.25) is 0 Å². The number of para-hydroxylation sites is 2. The van der Waals surface area contributed by atoms with Crippen LogP contribution in [0.3, 0.4) is 0 Å². The molecule has 0 fully saturated rings. The quantitative estimate of drug-likeness (QED) is 0.113. The molecule has 0 amide bonds. The van der Waals surface area contributed by atoms with Crippen LogP contribution in [0.4, 0.5) is 11.4 Å². The molecule has 67 heavy (non-hydrogen) atoms. The summed E-state index contributed by atoms with van der Waals surface area (Å²) in [6.45, 7) is 22.1. The third-order valence-corrected chi connectivity index (χ3v) is 11.7. The van der Waals surface area contributed by atoms with E-state index in [1.165, 1.54) is 6.07 Å². The first-order valence-corrected chi connectivity index (χ1v) is 21.3. The SMILES string of the molecule is [2H]c1c([2H])c([2H])c(-c2cccc(-c3c([2H])c([2H])c([2H])c([2H])c3[2H])c2-[n+]2[c-]n(-c3cccc(Oc4ccc5c6ccccc6n(-c6cc(C(C)(C)C)ccn6)c5c4)c3)c3cc(-c4cc([N+]#[C-])cc([N+]#[C-])c4)ccc32)c([2H])c1[2H]. The van der Waals surface area contributed by atoms with Gasteiger partial charge in [-0.2, -0.15) is 0 Å². The summed E-state index contributed by atoms with van der Waals surface area (Å²) in [4.78, 5) is 12.1. The van der Waals surface area contributed by atoms with Crippen LogP contribution >= 0.6 is 0 Å². The van der Waals surface area contributed by atoms with Crippen molar-refractivity contribution >= 4 is 44.2 Å². The standard InChI is InChI=1S/C60H42N6O/c1-60(2,3)44-30-31-63-58(35-44)66-54-25-13-12-22-52(54)53-28-27-49(38-56(53)66)67-48-21-14-20-47(37-48)64-39-65(55-29-26-42(34-57(55)64)43-32-45(61-4)36-46(33-43)62-5)59-50(40-16-8-6-9-17-40)23-15-24-51(59)41-18-10-7-11-19-41/h6-38H,1-3H3/i6D,7D,8D,9D,10D,11D,16D,17D,18D,19D. The van der Waals surface area contributed by atoms with Gasteiger partial charge >= 0.3 is 0 Å². The lowest BCUT2D eigenvalue weighted by molar-refractivity contribution is -0.571. The predicted octanol–water partition coefficient (Wildman–Crippen LogP) is 15.4. The first-order chi connectivity index (χ1) is 36.9. The Morgan fingerprint density at radius 2 is 1.27 bits per heavy atom. The Kier molecular flexibility index (Phi) is 7.62. The molecule has 3 heterocycles. The first kappa shape index (κ1) is 30.9. The molecule has 0 aliphatic heterocycles. The Morgan fingerprint density at radius 1 is 0.597 bits per heavy atom. The van der Waals surface area contributed by atoms with Gasteiger partial charge in [-0.1, -0.05) is 154 Å². The Hall–Kier alpha value is -9.04. The molecular formula is C60H42N6O. The molecule has 318 valence electrons. The van der Waals surface area contributed by atoms with E-state index in [2.05, 4.69) is 59.6 Å². The maximum atomic E-state index is 9.14. The van der Waals surface area contributed by atoms with Crippen LogP contribution in [0, 0.1) is 19.5 Å².